The third kappa shape index (κ3) is 5.65. The summed E-state index contributed by atoms with van der Waals surface area (Å²) in [6.07, 6.45) is 4.77. The van der Waals surface area contributed by atoms with Gasteiger partial charge in [-0.05, 0) is 48.4 Å². The van der Waals surface area contributed by atoms with Gasteiger partial charge in [-0.25, -0.2) is 0 Å². The Morgan fingerprint density at radius 2 is 1.55 bits per heavy atom. The Labute approximate surface area is 135 Å². The largest absolute Gasteiger partial charge is 0.316 e. The van der Waals surface area contributed by atoms with E-state index in [1.165, 1.54) is 36.0 Å². The molecule has 0 aliphatic heterocycles. The summed E-state index contributed by atoms with van der Waals surface area (Å²) in [6.45, 7) is 6.68. The van der Waals surface area contributed by atoms with Crippen molar-refractivity contribution in [3.8, 4) is 0 Å². The molecule has 0 aliphatic rings. The molecule has 118 valence electrons. The molecule has 0 saturated carbocycles. The predicted octanol–water partition coefficient (Wildman–Crippen LogP) is 4.97. The monoisotopic (exact) mass is 295 g/mol. The Bertz CT molecular complexity index is 515. The molecule has 2 aromatic rings. The van der Waals surface area contributed by atoms with Gasteiger partial charge in [0.25, 0.3) is 0 Å². The molecule has 1 unspecified atom stereocenters. The van der Waals surface area contributed by atoms with Crippen LogP contribution in [0.5, 0.6) is 0 Å². The highest BCUT2D eigenvalue weighted by molar-refractivity contribution is 5.25. The lowest BCUT2D eigenvalue weighted by Crippen LogP contribution is -2.21. The van der Waals surface area contributed by atoms with E-state index in [2.05, 4.69) is 73.8 Å². The third-order valence-corrected chi connectivity index (χ3v) is 4.20. The van der Waals surface area contributed by atoms with E-state index in [-0.39, 0.29) is 0 Å². The van der Waals surface area contributed by atoms with Crippen molar-refractivity contribution in [2.75, 3.05) is 13.1 Å². The Morgan fingerprint density at radius 3 is 2.23 bits per heavy atom. The second kappa shape index (κ2) is 9.42. The van der Waals surface area contributed by atoms with Gasteiger partial charge in [-0.1, -0.05) is 74.9 Å². The maximum absolute atomic E-state index is 3.59. The van der Waals surface area contributed by atoms with Crippen LogP contribution in [-0.4, -0.2) is 13.1 Å². The second-order valence-electron chi connectivity index (χ2n) is 6.19. The standard InChI is InChI=1S/C21H29N/c1-3-8-19-12-14-21(15-13-19)18(2)17-22-16-7-11-20-9-5-4-6-10-20/h4-6,9-10,12-15,18,22H,3,7-8,11,16-17H2,1-2H3. The van der Waals surface area contributed by atoms with Crippen LogP contribution >= 0.6 is 0 Å². The zero-order chi connectivity index (χ0) is 15.6. The molecule has 0 aliphatic carbocycles. The summed E-state index contributed by atoms with van der Waals surface area (Å²) in [7, 11) is 0. The Morgan fingerprint density at radius 1 is 0.864 bits per heavy atom. The maximum atomic E-state index is 3.59. The summed E-state index contributed by atoms with van der Waals surface area (Å²) < 4.78 is 0. The van der Waals surface area contributed by atoms with E-state index in [1.807, 2.05) is 0 Å². The fourth-order valence-electron chi connectivity index (χ4n) is 2.80. The van der Waals surface area contributed by atoms with E-state index in [1.54, 1.807) is 0 Å². The number of benzene rings is 2. The van der Waals surface area contributed by atoms with Crippen LogP contribution in [0.2, 0.25) is 0 Å². The number of nitrogens with one attached hydrogen (secondary N) is 1. The highest BCUT2D eigenvalue weighted by atomic mass is 14.8. The normalized spacial score (nSPS) is 12.3. The first-order chi connectivity index (χ1) is 10.8. The summed E-state index contributed by atoms with van der Waals surface area (Å²) in [5, 5.41) is 3.59. The topological polar surface area (TPSA) is 12.0 Å². The molecule has 1 atom stereocenters. The van der Waals surface area contributed by atoms with Crippen molar-refractivity contribution in [3.63, 3.8) is 0 Å². The second-order valence-corrected chi connectivity index (χ2v) is 6.19. The quantitative estimate of drug-likeness (QED) is 0.644. The van der Waals surface area contributed by atoms with E-state index < -0.39 is 0 Å². The molecule has 1 heteroatoms. The third-order valence-electron chi connectivity index (χ3n) is 4.20. The first-order valence-electron chi connectivity index (χ1n) is 8.63. The maximum Gasteiger partial charge on any atom is 0.00174 e. The molecule has 0 saturated heterocycles. The first-order valence-corrected chi connectivity index (χ1v) is 8.63. The van der Waals surface area contributed by atoms with Crippen LogP contribution in [0, 0.1) is 0 Å². The number of aryl methyl sites for hydroxylation is 2. The van der Waals surface area contributed by atoms with Crippen LogP contribution in [0.1, 0.15) is 49.3 Å². The van der Waals surface area contributed by atoms with Gasteiger partial charge in [0.1, 0.15) is 0 Å². The summed E-state index contributed by atoms with van der Waals surface area (Å²) in [6, 6.07) is 19.9. The van der Waals surface area contributed by atoms with Crippen LogP contribution in [0.3, 0.4) is 0 Å². The molecule has 0 spiro atoms. The Hall–Kier alpha value is -1.60. The van der Waals surface area contributed by atoms with Gasteiger partial charge in [0.05, 0.1) is 0 Å². The van der Waals surface area contributed by atoms with Gasteiger partial charge in [0, 0.05) is 6.54 Å². The highest BCUT2D eigenvalue weighted by Gasteiger charge is 2.04. The molecule has 22 heavy (non-hydrogen) atoms. The van der Waals surface area contributed by atoms with E-state index >= 15 is 0 Å². The fourth-order valence-corrected chi connectivity index (χ4v) is 2.80. The summed E-state index contributed by atoms with van der Waals surface area (Å²) >= 11 is 0. The van der Waals surface area contributed by atoms with Crippen molar-refractivity contribution in [1.82, 2.24) is 5.32 Å². The lowest BCUT2D eigenvalue weighted by Gasteiger charge is -2.14. The van der Waals surface area contributed by atoms with Gasteiger partial charge in [0.15, 0.2) is 0 Å². The lowest BCUT2D eigenvalue weighted by atomic mass is 9.98. The smallest absolute Gasteiger partial charge is 0.00174 e. The minimum absolute atomic E-state index is 0.576. The molecule has 0 fully saturated rings. The lowest BCUT2D eigenvalue weighted by molar-refractivity contribution is 0.596. The minimum Gasteiger partial charge on any atom is -0.316 e. The highest BCUT2D eigenvalue weighted by Crippen LogP contribution is 2.16. The van der Waals surface area contributed by atoms with Gasteiger partial charge in [-0.15, -0.1) is 0 Å². The van der Waals surface area contributed by atoms with Crippen LogP contribution in [0.25, 0.3) is 0 Å². The summed E-state index contributed by atoms with van der Waals surface area (Å²) in [5.74, 6) is 0.576. The molecule has 1 nitrogen and oxygen atoms in total. The zero-order valence-corrected chi connectivity index (χ0v) is 14.0. The fraction of sp³-hybridized carbons (Fsp3) is 0.429. The van der Waals surface area contributed by atoms with Crippen LogP contribution in [0.4, 0.5) is 0 Å². The van der Waals surface area contributed by atoms with Crippen molar-refractivity contribution in [2.24, 2.45) is 0 Å². The molecular weight excluding hydrogens is 266 g/mol. The average Bonchev–Trinajstić information content (AvgIpc) is 2.56. The van der Waals surface area contributed by atoms with E-state index in [0.717, 1.165) is 19.5 Å². The van der Waals surface area contributed by atoms with Gasteiger partial charge in [-0.3, -0.25) is 0 Å². The Kier molecular flexibility index (Phi) is 7.18. The minimum atomic E-state index is 0.576. The van der Waals surface area contributed by atoms with Crippen molar-refractivity contribution in [1.29, 1.82) is 0 Å². The molecule has 2 aromatic carbocycles. The molecular formula is C21H29N. The number of hydrogen-bond acceptors (Lipinski definition) is 1. The van der Waals surface area contributed by atoms with E-state index in [9.17, 15) is 0 Å². The van der Waals surface area contributed by atoms with Gasteiger partial charge in [0.2, 0.25) is 0 Å². The first kappa shape index (κ1) is 16.8. The molecule has 0 aromatic heterocycles. The van der Waals surface area contributed by atoms with Crippen molar-refractivity contribution in [3.05, 3.63) is 71.3 Å². The van der Waals surface area contributed by atoms with Gasteiger partial charge in [-0.2, -0.15) is 0 Å². The van der Waals surface area contributed by atoms with E-state index in [4.69, 9.17) is 0 Å². The van der Waals surface area contributed by atoms with Crippen molar-refractivity contribution < 1.29 is 0 Å². The number of rotatable bonds is 9. The molecule has 0 bridgehead atoms. The van der Waals surface area contributed by atoms with Crippen molar-refractivity contribution in [2.45, 2.75) is 45.4 Å². The van der Waals surface area contributed by atoms with Gasteiger partial charge < -0.3 is 5.32 Å². The van der Waals surface area contributed by atoms with Crippen molar-refractivity contribution >= 4 is 0 Å². The summed E-state index contributed by atoms with van der Waals surface area (Å²) in [4.78, 5) is 0. The predicted molar refractivity (Wildman–Crippen MR) is 96.5 cm³/mol. The average molecular weight is 295 g/mol. The van der Waals surface area contributed by atoms with Crippen LogP contribution in [0.15, 0.2) is 54.6 Å². The summed E-state index contributed by atoms with van der Waals surface area (Å²) in [5.41, 5.74) is 4.33. The van der Waals surface area contributed by atoms with Crippen LogP contribution < -0.4 is 5.32 Å². The van der Waals surface area contributed by atoms with Gasteiger partial charge >= 0.3 is 0 Å². The molecule has 0 amide bonds. The molecule has 2 rings (SSSR count). The Balaban J connectivity index is 1.65. The SMILES string of the molecule is CCCc1ccc(C(C)CNCCCc2ccccc2)cc1. The molecule has 1 N–H and O–H groups in total. The molecule has 0 heterocycles. The zero-order valence-electron chi connectivity index (χ0n) is 14.0. The number of hydrogen-bond donors (Lipinski definition) is 1. The van der Waals surface area contributed by atoms with E-state index in [0.29, 0.717) is 5.92 Å². The van der Waals surface area contributed by atoms with Crippen LogP contribution in [-0.2, 0) is 12.8 Å². The molecule has 0 radical (unpaired) electrons.